The number of ether oxygens (including phenoxy) is 1. The van der Waals surface area contributed by atoms with Crippen LogP contribution in [0.15, 0.2) is 48.7 Å². The van der Waals surface area contributed by atoms with E-state index in [1.807, 2.05) is 31.2 Å². The molecule has 0 aliphatic heterocycles. The molecule has 1 amide bonds. The fourth-order valence-corrected chi connectivity index (χ4v) is 3.35. The van der Waals surface area contributed by atoms with E-state index in [1.165, 1.54) is 6.20 Å². The van der Waals surface area contributed by atoms with Crippen LogP contribution in [0.4, 0.5) is 4.39 Å². The van der Waals surface area contributed by atoms with Crippen molar-refractivity contribution >= 4 is 64.2 Å². The lowest BCUT2D eigenvalue weighted by Gasteiger charge is -2.20. The van der Waals surface area contributed by atoms with Gasteiger partial charge in [0.05, 0.1) is 5.52 Å². The van der Waals surface area contributed by atoms with Crippen LogP contribution in [0, 0.1) is 9.52 Å². The number of pyridine rings is 2. The highest BCUT2D eigenvalue weighted by atomic mass is 125. The van der Waals surface area contributed by atoms with Gasteiger partial charge in [0.25, 0.3) is 11.9 Å². The Balaban J connectivity index is 0.00000240. The van der Waals surface area contributed by atoms with Gasteiger partial charge >= 0.3 is 0 Å². The van der Waals surface area contributed by atoms with Crippen LogP contribution in [0.1, 0.15) is 17.4 Å². The molecule has 0 atom stereocenters. The first kappa shape index (κ1) is 27.3. The molecular weight excluding hydrogens is 555 g/mol. The van der Waals surface area contributed by atoms with Crippen LogP contribution >= 0.6 is 47.4 Å². The highest BCUT2D eigenvalue weighted by Gasteiger charge is 2.10. The van der Waals surface area contributed by atoms with Crippen LogP contribution in [0.2, 0.25) is 0 Å². The zero-order chi connectivity index (χ0) is 20.6. The van der Waals surface area contributed by atoms with Gasteiger partial charge in [-0.1, -0.05) is 13.0 Å². The SMILES string of the molecule is CCN(CCNC(=O)c1ccc2cc([125I])ccc2n1)CCOc1cccnc1F.Cl.Cl. The molecule has 10 heteroatoms. The maximum atomic E-state index is 13.5. The molecule has 0 unspecified atom stereocenters. The van der Waals surface area contributed by atoms with Gasteiger partial charge in [0, 0.05) is 34.8 Å². The second-order valence-corrected chi connectivity index (χ2v) is 7.61. The number of rotatable bonds is 9. The number of carbonyl (C=O) groups excluding carboxylic acids is 1. The molecule has 3 aromatic rings. The average molecular weight is 579 g/mol. The van der Waals surface area contributed by atoms with Gasteiger partial charge < -0.3 is 10.1 Å². The number of aromatic nitrogens is 2. The van der Waals surface area contributed by atoms with Crippen molar-refractivity contribution in [3.05, 3.63) is 63.9 Å². The van der Waals surface area contributed by atoms with Gasteiger partial charge in [-0.2, -0.15) is 4.39 Å². The zero-order valence-electron chi connectivity index (χ0n) is 16.9. The summed E-state index contributed by atoms with van der Waals surface area (Å²) in [5.41, 5.74) is 1.20. The van der Waals surface area contributed by atoms with Crippen molar-refractivity contribution in [2.45, 2.75) is 6.92 Å². The number of halogens is 4. The molecule has 0 saturated heterocycles. The second kappa shape index (κ2) is 13.6. The summed E-state index contributed by atoms with van der Waals surface area (Å²) in [6, 6.07) is 12.7. The predicted molar refractivity (Wildman–Crippen MR) is 133 cm³/mol. The molecule has 2 aromatic heterocycles. The van der Waals surface area contributed by atoms with E-state index < -0.39 is 5.95 Å². The van der Waals surface area contributed by atoms with Crippen molar-refractivity contribution in [3.8, 4) is 5.75 Å². The largest absolute Gasteiger partial charge is 0.487 e. The number of likely N-dealkylation sites (N-methyl/N-ethyl adjacent to an activating group) is 1. The lowest BCUT2D eigenvalue weighted by Crippen LogP contribution is -2.37. The fourth-order valence-electron chi connectivity index (χ4n) is 2.83. The van der Waals surface area contributed by atoms with Crippen molar-refractivity contribution in [2.24, 2.45) is 0 Å². The fraction of sp³-hybridized carbons (Fsp3) is 0.286. The molecule has 6 nitrogen and oxygen atoms in total. The van der Waals surface area contributed by atoms with Crippen LogP contribution < -0.4 is 10.1 Å². The summed E-state index contributed by atoms with van der Waals surface area (Å²) < 4.78 is 20.0. The van der Waals surface area contributed by atoms with E-state index in [4.69, 9.17) is 4.74 Å². The molecule has 3 rings (SSSR count). The van der Waals surface area contributed by atoms with Crippen molar-refractivity contribution in [2.75, 3.05) is 32.8 Å². The molecule has 2 heterocycles. The molecule has 1 N–H and O–H groups in total. The molecule has 0 spiro atoms. The quantitative estimate of drug-likeness (QED) is 0.302. The maximum absolute atomic E-state index is 13.5. The van der Waals surface area contributed by atoms with Crippen molar-refractivity contribution in [3.63, 3.8) is 0 Å². The van der Waals surface area contributed by atoms with E-state index in [0.717, 1.165) is 21.0 Å². The Kier molecular flexibility index (Phi) is 12.0. The van der Waals surface area contributed by atoms with Gasteiger partial charge in [0.2, 0.25) is 0 Å². The third-order valence-electron chi connectivity index (χ3n) is 4.43. The first-order chi connectivity index (χ1) is 14.1. The number of hydrogen-bond acceptors (Lipinski definition) is 5. The van der Waals surface area contributed by atoms with Crippen molar-refractivity contribution < 1.29 is 13.9 Å². The molecule has 0 radical (unpaired) electrons. The van der Waals surface area contributed by atoms with Crippen LogP contribution in [0.5, 0.6) is 5.75 Å². The van der Waals surface area contributed by atoms with Gasteiger partial charge in [-0.15, -0.1) is 24.8 Å². The Labute approximate surface area is 206 Å². The highest BCUT2D eigenvalue weighted by Crippen LogP contribution is 2.16. The number of nitrogens with zero attached hydrogens (tertiary/aromatic N) is 3. The van der Waals surface area contributed by atoms with Crippen molar-refractivity contribution in [1.29, 1.82) is 0 Å². The number of hydrogen-bond donors (Lipinski definition) is 1. The highest BCUT2D eigenvalue weighted by molar-refractivity contribution is 14.1. The zero-order valence-corrected chi connectivity index (χ0v) is 20.7. The molecule has 0 aliphatic carbocycles. The smallest absolute Gasteiger partial charge is 0.269 e. The molecule has 168 valence electrons. The Bertz CT molecular complexity index is 997. The minimum Gasteiger partial charge on any atom is -0.487 e. The van der Waals surface area contributed by atoms with Gasteiger partial charge in [-0.25, -0.2) is 9.97 Å². The van der Waals surface area contributed by atoms with Crippen LogP contribution in [0.3, 0.4) is 0 Å². The Morgan fingerprint density at radius 3 is 2.74 bits per heavy atom. The normalized spacial score (nSPS) is 10.3. The minimum atomic E-state index is -0.611. The summed E-state index contributed by atoms with van der Waals surface area (Å²) in [5.74, 6) is -0.662. The topological polar surface area (TPSA) is 67.4 Å². The first-order valence-corrected chi connectivity index (χ1v) is 10.4. The minimum absolute atomic E-state index is 0. The van der Waals surface area contributed by atoms with E-state index in [-0.39, 0.29) is 36.5 Å². The number of nitrogens with one attached hydrogen (secondary N) is 1. The number of fused-ring (bicyclic) bond motifs is 1. The monoisotopic (exact) mass is 578 g/mol. The Morgan fingerprint density at radius 1 is 1.19 bits per heavy atom. The lowest BCUT2D eigenvalue weighted by atomic mass is 10.2. The van der Waals surface area contributed by atoms with Crippen LogP contribution in [0.25, 0.3) is 10.9 Å². The van der Waals surface area contributed by atoms with Gasteiger partial charge in [0.15, 0.2) is 5.75 Å². The predicted octanol–water partition coefficient (Wildman–Crippen LogP) is 4.35. The third-order valence-corrected chi connectivity index (χ3v) is 5.11. The Morgan fingerprint density at radius 2 is 2.00 bits per heavy atom. The van der Waals surface area contributed by atoms with Gasteiger partial charge in [-0.3, -0.25) is 9.69 Å². The standard InChI is InChI=1S/C21H22FIN4O2.2ClH/c1-2-27(12-13-29-19-4-3-9-24-20(19)22)11-10-25-21(28)18-7-5-15-14-16(23)6-8-17(15)26-18;;/h3-9,14H,2,10-13H2,1H3,(H,25,28);2*1H/i23-2;;. The lowest BCUT2D eigenvalue weighted by molar-refractivity contribution is 0.0943. The van der Waals surface area contributed by atoms with E-state index in [9.17, 15) is 9.18 Å². The summed E-state index contributed by atoms with van der Waals surface area (Å²) >= 11 is 2.25. The molecule has 0 fully saturated rings. The average Bonchev–Trinajstić information content (AvgIpc) is 2.73. The second-order valence-electron chi connectivity index (χ2n) is 6.36. The molecule has 1 aromatic carbocycles. The van der Waals surface area contributed by atoms with E-state index in [2.05, 4.69) is 42.8 Å². The molecular formula is C21H24Cl2FIN4O2. The summed E-state index contributed by atoms with van der Waals surface area (Å²) in [7, 11) is 0. The maximum Gasteiger partial charge on any atom is 0.269 e. The molecule has 0 aliphatic rings. The van der Waals surface area contributed by atoms with E-state index >= 15 is 0 Å². The number of carbonyl (C=O) groups is 1. The van der Waals surface area contributed by atoms with Gasteiger partial charge in [-0.05, 0) is 65.5 Å². The third kappa shape index (κ3) is 8.03. The number of amides is 1. The Hall–Kier alpha value is -1.75. The molecule has 0 saturated carbocycles. The van der Waals surface area contributed by atoms with Gasteiger partial charge in [0.1, 0.15) is 12.3 Å². The summed E-state index contributed by atoms with van der Waals surface area (Å²) in [5, 5.41) is 3.91. The summed E-state index contributed by atoms with van der Waals surface area (Å²) in [6.07, 6.45) is 1.38. The summed E-state index contributed by atoms with van der Waals surface area (Å²) in [6.45, 7) is 4.93. The molecule has 31 heavy (non-hydrogen) atoms. The molecule has 0 bridgehead atoms. The first-order valence-electron chi connectivity index (χ1n) is 9.37. The van der Waals surface area contributed by atoms with E-state index in [1.54, 1.807) is 18.2 Å². The van der Waals surface area contributed by atoms with Crippen molar-refractivity contribution in [1.82, 2.24) is 20.2 Å². The number of benzene rings is 1. The summed E-state index contributed by atoms with van der Waals surface area (Å²) in [4.78, 5) is 22.5. The van der Waals surface area contributed by atoms with E-state index in [0.29, 0.717) is 31.9 Å². The van der Waals surface area contributed by atoms with Crippen LogP contribution in [-0.2, 0) is 0 Å². The van der Waals surface area contributed by atoms with Crippen LogP contribution in [-0.4, -0.2) is 53.6 Å².